The molecule has 0 aliphatic heterocycles. The first-order chi connectivity index (χ1) is 6.32. The number of primary amides is 1. The molecular formula is C8H8NNaO3S2. The number of benzene rings is 1. The van der Waals surface area contributed by atoms with Crippen LogP contribution in [0.1, 0.15) is 15.9 Å². The summed E-state index contributed by atoms with van der Waals surface area (Å²) < 4.78 is 22.2. The van der Waals surface area contributed by atoms with E-state index in [9.17, 15) is 13.2 Å². The van der Waals surface area contributed by atoms with Crippen molar-refractivity contribution in [1.82, 2.24) is 0 Å². The maximum absolute atomic E-state index is 11.1. The van der Waals surface area contributed by atoms with Crippen LogP contribution in [0.5, 0.6) is 0 Å². The average Bonchev–Trinajstić information content (AvgIpc) is 2.01. The second kappa shape index (κ2) is 5.36. The van der Waals surface area contributed by atoms with Gasteiger partial charge in [-0.15, -0.1) is 0 Å². The zero-order valence-electron chi connectivity index (χ0n) is 8.35. The Morgan fingerprint density at radius 2 is 1.93 bits per heavy atom. The molecule has 0 unspecified atom stereocenters. The number of aryl methyl sites for hydroxylation is 1. The van der Waals surface area contributed by atoms with Gasteiger partial charge >= 0.3 is 29.6 Å². The van der Waals surface area contributed by atoms with E-state index in [0.29, 0.717) is 5.56 Å². The molecule has 1 aromatic rings. The molecule has 0 aromatic heterocycles. The minimum absolute atomic E-state index is 0. The topological polar surface area (TPSA) is 77.2 Å². The van der Waals surface area contributed by atoms with E-state index < -0.39 is 14.8 Å². The third kappa shape index (κ3) is 3.81. The van der Waals surface area contributed by atoms with Gasteiger partial charge in [0.15, 0.2) is 0 Å². The number of carbonyl (C=O) groups excluding carboxylic acids is 1. The zero-order chi connectivity index (χ0) is 10.9. The molecule has 0 radical (unpaired) electrons. The average molecular weight is 253 g/mol. The number of hydrogen-bond donors (Lipinski definition) is 1. The van der Waals surface area contributed by atoms with E-state index in [-0.39, 0.29) is 40.0 Å². The second-order valence-corrected chi connectivity index (χ2v) is 5.48. The van der Waals surface area contributed by atoms with Gasteiger partial charge in [0.1, 0.15) is 0 Å². The Morgan fingerprint density at radius 3 is 2.33 bits per heavy atom. The monoisotopic (exact) mass is 253 g/mol. The predicted molar refractivity (Wildman–Crippen MR) is 54.2 cm³/mol. The van der Waals surface area contributed by atoms with Crippen molar-refractivity contribution in [2.24, 2.45) is 5.73 Å². The van der Waals surface area contributed by atoms with Crippen LogP contribution in [0.15, 0.2) is 23.1 Å². The van der Waals surface area contributed by atoms with E-state index >= 15 is 0 Å². The molecule has 1 amide bonds. The normalized spacial score (nSPS) is 10.5. The van der Waals surface area contributed by atoms with Gasteiger partial charge in [-0.2, -0.15) is 0 Å². The Labute approximate surface area is 115 Å². The van der Waals surface area contributed by atoms with Gasteiger partial charge in [-0.05, 0) is 24.6 Å². The fraction of sp³-hybridized carbons (Fsp3) is 0.125. The van der Waals surface area contributed by atoms with Crippen LogP contribution < -0.4 is 35.3 Å². The molecule has 2 N–H and O–H groups in total. The molecule has 0 spiro atoms. The minimum Gasteiger partial charge on any atom is -0.644 e. The van der Waals surface area contributed by atoms with E-state index in [1.807, 2.05) is 0 Å². The third-order valence-electron chi connectivity index (χ3n) is 1.67. The summed E-state index contributed by atoms with van der Waals surface area (Å²) in [7, 11) is -3.82. The number of hydrogen-bond acceptors (Lipinski definition) is 4. The molecule has 0 saturated carbocycles. The molecule has 0 aliphatic carbocycles. The smallest absolute Gasteiger partial charge is 0.644 e. The van der Waals surface area contributed by atoms with E-state index in [1.54, 1.807) is 13.0 Å². The van der Waals surface area contributed by atoms with Crippen molar-refractivity contribution < 1.29 is 42.8 Å². The summed E-state index contributed by atoms with van der Waals surface area (Å²) in [5.74, 6) is -0.798. The largest absolute Gasteiger partial charge is 1.00 e. The molecular weight excluding hydrogens is 245 g/mol. The molecule has 0 saturated heterocycles. The first-order valence-electron chi connectivity index (χ1n) is 3.68. The molecule has 0 bridgehead atoms. The number of rotatable bonds is 2. The number of amides is 1. The summed E-state index contributed by atoms with van der Waals surface area (Å²) in [6.45, 7) is 1.70. The molecule has 0 aliphatic rings. The van der Waals surface area contributed by atoms with E-state index in [2.05, 4.69) is 11.7 Å². The van der Waals surface area contributed by atoms with Crippen molar-refractivity contribution >= 4 is 26.4 Å². The van der Waals surface area contributed by atoms with Crippen LogP contribution in [0.25, 0.3) is 0 Å². The SMILES string of the molecule is Cc1ccc(C(N)=O)c(S(=O)(=O)[S-])c1.[Na+]. The van der Waals surface area contributed by atoms with Gasteiger partial charge in [-0.3, -0.25) is 4.79 Å². The Kier molecular flexibility index (Phi) is 5.35. The first kappa shape index (κ1) is 15.0. The van der Waals surface area contributed by atoms with E-state index in [0.717, 1.165) is 0 Å². The van der Waals surface area contributed by atoms with Gasteiger partial charge in [0.05, 0.1) is 19.3 Å². The zero-order valence-corrected chi connectivity index (χ0v) is 12.0. The third-order valence-corrected chi connectivity index (χ3v) is 3.09. The molecule has 1 aromatic carbocycles. The quantitative estimate of drug-likeness (QED) is 0.354. The van der Waals surface area contributed by atoms with E-state index in [4.69, 9.17) is 5.73 Å². The summed E-state index contributed by atoms with van der Waals surface area (Å²) in [4.78, 5) is 10.7. The molecule has 76 valence electrons. The van der Waals surface area contributed by atoms with Crippen LogP contribution in [0.3, 0.4) is 0 Å². The standard InChI is InChI=1S/C8H9NO3S2.Na/c1-5-2-3-6(8(9)10)7(4-5)14(11,12)13;/h2-4H,1H3,(H2,9,10)(H,11,12,13);/q;+1/p-1. The Bertz CT molecular complexity index is 485. The van der Waals surface area contributed by atoms with Gasteiger partial charge in [0, 0.05) is 0 Å². The first-order valence-corrected chi connectivity index (χ1v) is 6.09. The van der Waals surface area contributed by atoms with Crippen molar-refractivity contribution in [2.75, 3.05) is 0 Å². The van der Waals surface area contributed by atoms with Crippen molar-refractivity contribution in [2.45, 2.75) is 11.8 Å². The van der Waals surface area contributed by atoms with Crippen molar-refractivity contribution in [3.8, 4) is 0 Å². The van der Waals surface area contributed by atoms with Crippen LogP contribution in [0.2, 0.25) is 0 Å². The minimum atomic E-state index is -3.82. The fourth-order valence-corrected chi connectivity index (χ4v) is 2.22. The Balaban J connectivity index is 0.00000196. The van der Waals surface area contributed by atoms with Crippen LogP contribution >= 0.6 is 0 Å². The molecule has 4 nitrogen and oxygen atoms in total. The molecule has 0 atom stereocenters. The van der Waals surface area contributed by atoms with Gasteiger partial charge in [0.2, 0.25) is 5.91 Å². The number of nitrogens with two attached hydrogens (primary N) is 1. The molecule has 0 fully saturated rings. The van der Waals surface area contributed by atoms with Gasteiger partial charge < -0.3 is 17.4 Å². The summed E-state index contributed by atoms with van der Waals surface area (Å²) in [6.07, 6.45) is 0. The fourth-order valence-electron chi connectivity index (χ4n) is 1.04. The second-order valence-electron chi connectivity index (χ2n) is 2.82. The van der Waals surface area contributed by atoms with Crippen molar-refractivity contribution in [3.05, 3.63) is 29.3 Å². The molecule has 15 heavy (non-hydrogen) atoms. The summed E-state index contributed by atoms with van der Waals surface area (Å²) in [5.41, 5.74) is 5.65. The Hall–Kier alpha value is -0.0100. The predicted octanol–water partition coefficient (Wildman–Crippen LogP) is -2.67. The molecule has 7 heteroatoms. The van der Waals surface area contributed by atoms with Crippen molar-refractivity contribution in [3.63, 3.8) is 0 Å². The molecule has 1 rings (SSSR count). The van der Waals surface area contributed by atoms with Crippen LogP contribution in [0, 0.1) is 6.92 Å². The van der Waals surface area contributed by atoms with Gasteiger partial charge in [0.25, 0.3) is 0 Å². The number of carbonyl (C=O) groups is 1. The summed E-state index contributed by atoms with van der Waals surface area (Å²) in [5, 5.41) is 0. The van der Waals surface area contributed by atoms with E-state index in [1.165, 1.54) is 12.1 Å². The summed E-state index contributed by atoms with van der Waals surface area (Å²) >= 11 is 4.28. The van der Waals surface area contributed by atoms with Gasteiger partial charge in [-0.1, -0.05) is 6.07 Å². The maximum atomic E-state index is 11.1. The molecule has 0 heterocycles. The van der Waals surface area contributed by atoms with Crippen LogP contribution in [0.4, 0.5) is 0 Å². The van der Waals surface area contributed by atoms with Crippen LogP contribution in [-0.4, -0.2) is 14.3 Å². The van der Waals surface area contributed by atoms with Crippen LogP contribution in [-0.2, 0) is 20.5 Å². The maximum Gasteiger partial charge on any atom is 1.00 e. The Morgan fingerprint density at radius 1 is 1.40 bits per heavy atom. The van der Waals surface area contributed by atoms with Gasteiger partial charge in [-0.25, -0.2) is 8.42 Å². The van der Waals surface area contributed by atoms with Crippen molar-refractivity contribution in [1.29, 1.82) is 0 Å². The summed E-state index contributed by atoms with van der Waals surface area (Å²) in [6, 6.07) is 4.30.